The molecule has 3 heterocycles. The SMILES string of the molecule is COc1ccc2c(c1)c(C(O)CCN1CCCCC1)c1n2S(=O)(=O)c2ccccc2-1. The van der Waals surface area contributed by atoms with Gasteiger partial charge in [-0.15, -0.1) is 0 Å². The Labute approximate surface area is 176 Å². The monoisotopic (exact) mass is 426 g/mol. The van der Waals surface area contributed by atoms with Gasteiger partial charge in [0.15, 0.2) is 0 Å². The van der Waals surface area contributed by atoms with Gasteiger partial charge >= 0.3 is 0 Å². The molecule has 5 rings (SSSR count). The van der Waals surface area contributed by atoms with Gasteiger partial charge in [0, 0.05) is 23.1 Å². The van der Waals surface area contributed by atoms with Gasteiger partial charge < -0.3 is 14.7 Å². The molecule has 2 aliphatic rings. The second-order valence-corrected chi connectivity index (χ2v) is 9.87. The fourth-order valence-corrected chi connectivity index (χ4v) is 6.60. The van der Waals surface area contributed by atoms with Crippen LogP contribution in [0.3, 0.4) is 0 Å². The number of aliphatic hydroxyl groups is 1. The number of ether oxygens (including phenoxy) is 1. The van der Waals surface area contributed by atoms with Gasteiger partial charge in [-0.2, -0.15) is 0 Å². The molecule has 2 aliphatic heterocycles. The molecule has 0 bridgehead atoms. The molecule has 2 aromatic carbocycles. The van der Waals surface area contributed by atoms with Gasteiger partial charge in [0.25, 0.3) is 10.0 Å². The van der Waals surface area contributed by atoms with E-state index < -0.39 is 16.1 Å². The summed E-state index contributed by atoms with van der Waals surface area (Å²) in [6.45, 7) is 2.92. The molecule has 1 N–H and O–H groups in total. The molecule has 3 aromatic rings. The molecule has 1 unspecified atom stereocenters. The van der Waals surface area contributed by atoms with Crippen LogP contribution in [0.25, 0.3) is 22.2 Å². The van der Waals surface area contributed by atoms with E-state index in [1.807, 2.05) is 18.2 Å². The van der Waals surface area contributed by atoms with Crippen LogP contribution in [0.15, 0.2) is 47.4 Å². The summed E-state index contributed by atoms with van der Waals surface area (Å²) in [6.07, 6.45) is 3.46. The van der Waals surface area contributed by atoms with E-state index in [1.165, 1.54) is 23.2 Å². The molecule has 0 saturated carbocycles. The number of rotatable bonds is 5. The lowest BCUT2D eigenvalue weighted by Gasteiger charge is -2.27. The Kier molecular flexibility index (Phi) is 4.84. The third-order valence-electron chi connectivity index (χ3n) is 6.33. The first kappa shape index (κ1) is 19.6. The number of likely N-dealkylation sites (tertiary alicyclic amines) is 1. The highest BCUT2D eigenvalue weighted by Gasteiger charge is 2.38. The van der Waals surface area contributed by atoms with Crippen molar-refractivity contribution in [3.8, 4) is 17.0 Å². The van der Waals surface area contributed by atoms with Gasteiger partial charge in [0.05, 0.1) is 29.3 Å². The Hall–Kier alpha value is -2.35. The van der Waals surface area contributed by atoms with Gasteiger partial charge in [-0.25, -0.2) is 12.4 Å². The minimum Gasteiger partial charge on any atom is -0.497 e. The standard InChI is InChI=1S/C23H26N2O4S/c1-29-16-9-10-19-18(15-16)22(20(26)11-14-24-12-5-2-6-13-24)23-17-7-3-4-8-21(17)30(27,28)25(19)23/h3-4,7-10,15,20,26H,2,5-6,11-14H2,1H3. The largest absolute Gasteiger partial charge is 0.497 e. The Morgan fingerprint density at radius 1 is 1.10 bits per heavy atom. The molecule has 0 radical (unpaired) electrons. The molecule has 1 aromatic heterocycles. The second-order valence-electron chi connectivity index (χ2n) is 8.12. The number of nitrogens with zero attached hydrogens (tertiary/aromatic N) is 2. The molecular formula is C23H26N2O4S. The average molecular weight is 427 g/mol. The highest BCUT2D eigenvalue weighted by Crippen LogP contribution is 2.48. The Morgan fingerprint density at radius 3 is 2.63 bits per heavy atom. The Bertz CT molecular complexity index is 1210. The second kappa shape index (κ2) is 7.41. The zero-order valence-corrected chi connectivity index (χ0v) is 17.9. The minimum absolute atomic E-state index is 0.294. The molecule has 0 amide bonds. The summed E-state index contributed by atoms with van der Waals surface area (Å²) in [6, 6.07) is 12.4. The van der Waals surface area contributed by atoms with Crippen molar-refractivity contribution in [3.05, 3.63) is 48.0 Å². The number of piperidine rings is 1. The molecule has 0 aliphatic carbocycles. The van der Waals surface area contributed by atoms with Gasteiger partial charge in [-0.05, 0) is 56.6 Å². The van der Waals surface area contributed by atoms with Crippen LogP contribution in [0.4, 0.5) is 0 Å². The van der Waals surface area contributed by atoms with Crippen LogP contribution in [0.2, 0.25) is 0 Å². The van der Waals surface area contributed by atoms with Crippen LogP contribution >= 0.6 is 0 Å². The first-order chi connectivity index (χ1) is 14.5. The normalized spacial score (nSPS) is 18.9. The Balaban J connectivity index is 1.66. The minimum atomic E-state index is -3.70. The summed E-state index contributed by atoms with van der Waals surface area (Å²) in [5.41, 5.74) is 2.49. The Morgan fingerprint density at radius 2 is 1.87 bits per heavy atom. The highest BCUT2D eigenvalue weighted by molar-refractivity contribution is 7.90. The van der Waals surface area contributed by atoms with Gasteiger partial charge in [0.1, 0.15) is 5.75 Å². The molecule has 1 fully saturated rings. The number of hydrogen-bond acceptors (Lipinski definition) is 5. The highest BCUT2D eigenvalue weighted by atomic mass is 32.2. The summed E-state index contributed by atoms with van der Waals surface area (Å²) in [5, 5.41) is 12.0. The van der Waals surface area contributed by atoms with Crippen LogP contribution in [0, 0.1) is 0 Å². The third-order valence-corrected chi connectivity index (χ3v) is 8.10. The van der Waals surface area contributed by atoms with E-state index in [2.05, 4.69) is 4.90 Å². The average Bonchev–Trinajstić information content (AvgIpc) is 3.23. The smallest absolute Gasteiger partial charge is 0.269 e. The molecule has 1 atom stereocenters. The van der Waals surface area contributed by atoms with Gasteiger partial charge in [0.2, 0.25) is 0 Å². The number of hydrogen-bond donors (Lipinski definition) is 1. The van der Waals surface area contributed by atoms with E-state index in [-0.39, 0.29) is 0 Å². The van der Waals surface area contributed by atoms with E-state index in [1.54, 1.807) is 31.4 Å². The molecule has 7 heteroatoms. The van der Waals surface area contributed by atoms with E-state index in [4.69, 9.17) is 4.74 Å². The van der Waals surface area contributed by atoms with Gasteiger partial charge in [-0.3, -0.25) is 0 Å². The maximum atomic E-state index is 13.3. The number of aromatic nitrogens is 1. The summed E-state index contributed by atoms with van der Waals surface area (Å²) in [4.78, 5) is 2.68. The van der Waals surface area contributed by atoms with E-state index in [0.29, 0.717) is 39.4 Å². The number of fused-ring (bicyclic) bond motifs is 5. The van der Waals surface area contributed by atoms with Crippen molar-refractivity contribution in [1.82, 2.24) is 8.87 Å². The fourth-order valence-electron chi connectivity index (χ4n) is 4.85. The quantitative estimate of drug-likeness (QED) is 0.526. The van der Waals surface area contributed by atoms with Crippen molar-refractivity contribution in [1.29, 1.82) is 0 Å². The molecule has 6 nitrogen and oxygen atoms in total. The maximum absolute atomic E-state index is 13.3. The van der Waals surface area contributed by atoms with Crippen LogP contribution in [0.1, 0.15) is 37.4 Å². The zero-order chi connectivity index (χ0) is 20.9. The molecule has 30 heavy (non-hydrogen) atoms. The van der Waals surface area contributed by atoms with Crippen LogP contribution in [-0.2, 0) is 10.0 Å². The first-order valence-corrected chi connectivity index (χ1v) is 11.9. The lowest BCUT2D eigenvalue weighted by atomic mass is 9.98. The van der Waals surface area contributed by atoms with Crippen LogP contribution in [0.5, 0.6) is 5.75 Å². The summed E-state index contributed by atoms with van der Waals surface area (Å²) in [5.74, 6) is 0.641. The third kappa shape index (κ3) is 2.95. The predicted molar refractivity (Wildman–Crippen MR) is 116 cm³/mol. The van der Waals surface area contributed by atoms with Crippen LogP contribution < -0.4 is 4.74 Å². The van der Waals surface area contributed by atoms with E-state index in [0.717, 1.165) is 25.0 Å². The fraction of sp³-hybridized carbons (Fsp3) is 0.391. The maximum Gasteiger partial charge on any atom is 0.269 e. The van der Waals surface area contributed by atoms with Crippen molar-refractivity contribution in [2.24, 2.45) is 0 Å². The molecule has 1 saturated heterocycles. The van der Waals surface area contributed by atoms with Crippen molar-refractivity contribution >= 4 is 20.9 Å². The summed E-state index contributed by atoms with van der Waals surface area (Å²) < 4.78 is 33.4. The van der Waals surface area contributed by atoms with E-state index >= 15 is 0 Å². The van der Waals surface area contributed by atoms with Crippen molar-refractivity contribution in [2.45, 2.75) is 36.7 Å². The summed E-state index contributed by atoms with van der Waals surface area (Å²) >= 11 is 0. The van der Waals surface area contributed by atoms with E-state index in [9.17, 15) is 13.5 Å². The van der Waals surface area contributed by atoms with Crippen molar-refractivity contribution < 1.29 is 18.3 Å². The zero-order valence-electron chi connectivity index (χ0n) is 17.0. The number of benzene rings is 2. The van der Waals surface area contributed by atoms with Gasteiger partial charge in [-0.1, -0.05) is 24.6 Å². The number of methoxy groups -OCH3 is 1. The summed E-state index contributed by atoms with van der Waals surface area (Å²) in [7, 11) is -2.12. The lowest BCUT2D eigenvalue weighted by molar-refractivity contribution is 0.135. The molecular weight excluding hydrogens is 400 g/mol. The molecule has 0 spiro atoms. The van der Waals surface area contributed by atoms with Crippen molar-refractivity contribution in [2.75, 3.05) is 26.7 Å². The van der Waals surface area contributed by atoms with Crippen LogP contribution in [-0.4, -0.2) is 49.1 Å². The molecule has 158 valence electrons. The predicted octanol–water partition coefficient (Wildman–Crippen LogP) is 3.78. The van der Waals surface area contributed by atoms with Crippen molar-refractivity contribution in [3.63, 3.8) is 0 Å². The first-order valence-electron chi connectivity index (χ1n) is 10.5. The lowest BCUT2D eigenvalue weighted by Crippen LogP contribution is -2.31. The number of aliphatic hydroxyl groups excluding tert-OH is 1. The topological polar surface area (TPSA) is 71.8 Å².